The maximum absolute atomic E-state index is 5.63. The zero-order valence-electron chi connectivity index (χ0n) is 6.53. The highest BCUT2D eigenvalue weighted by atomic mass is 35.5. The molecular weight excluding hydrogens is 160 g/mol. The number of halogens is 1. The van der Waals surface area contributed by atoms with Crippen molar-refractivity contribution < 1.29 is 0 Å². The number of hydrazine groups is 1. The lowest BCUT2D eigenvalue weighted by Gasteiger charge is -2.14. The Morgan fingerprint density at radius 2 is 1.82 bits per heavy atom. The van der Waals surface area contributed by atoms with Gasteiger partial charge >= 0.3 is 0 Å². The van der Waals surface area contributed by atoms with Crippen LogP contribution in [0.2, 0.25) is 0 Å². The molecule has 0 amide bonds. The van der Waals surface area contributed by atoms with E-state index in [1.807, 2.05) is 37.3 Å². The molecule has 0 unspecified atom stereocenters. The molecule has 2 N–H and O–H groups in total. The number of benzene rings is 1. The van der Waals surface area contributed by atoms with Crippen LogP contribution in [0.15, 0.2) is 30.3 Å². The smallest absolute Gasteiger partial charge is 0.0517 e. The summed E-state index contributed by atoms with van der Waals surface area (Å²) in [5.41, 5.74) is 1.06. The second-order valence-corrected chi connectivity index (χ2v) is 2.12. The Balaban J connectivity index is 0.000001000. The van der Waals surface area contributed by atoms with Gasteiger partial charge in [-0.15, -0.1) is 12.4 Å². The molecule has 62 valence electrons. The minimum absolute atomic E-state index is 0. The third-order valence-electron chi connectivity index (χ3n) is 1.43. The van der Waals surface area contributed by atoms with Gasteiger partial charge < -0.3 is 5.01 Å². The van der Waals surface area contributed by atoms with Crippen molar-refractivity contribution in [1.82, 2.24) is 0 Å². The molecule has 0 radical (unpaired) electrons. The monoisotopic (exact) mass is 172 g/mol. The molecule has 1 aromatic rings. The maximum atomic E-state index is 5.63. The van der Waals surface area contributed by atoms with Crippen molar-refractivity contribution in [1.29, 1.82) is 0 Å². The average Bonchev–Trinajstić information content (AvgIpc) is 2.05. The van der Waals surface area contributed by atoms with Crippen LogP contribution in [0.25, 0.3) is 0 Å². The van der Waals surface area contributed by atoms with Crippen LogP contribution in [0.3, 0.4) is 0 Å². The van der Waals surface area contributed by atoms with Crippen LogP contribution in [0, 0.1) is 0 Å². The third kappa shape index (κ3) is 2.78. The molecule has 0 saturated heterocycles. The molecule has 2 nitrogen and oxygen atoms in total. The lowest BCUT2D eigenvalue weighted by Crippen LogP contribution is -2.29. The number of hydrogen-bond acceptors (Lipinski definition) is 2. The van der Waals surface area contributed by atoms with Crippen molar-refractivity contribution in [3.05, 3.63) is 30.3 Å². The van der Waals surface area contributed by atoms with Gasteiger partial charge in [0.05, 0.1) is 5.69 Å². The summed E-state index contributed by atoms with van der Waals surface area (Å²) in [4.78, 5) is 0. The fraction of sp³-hybridized carbons (Fsp3) is 0.250. The molecule has 0 spiro atoms. The molecule has 11 heavy (non-hydrogen) atoms. The van der Waals surface area contributed by atoms with Gasteiger partial charge in [-0.1, -0.05) is 18.2 Å². The number of hydrogen-bond donors (Lipinski definition) is 1. The zero-order chi connectivity index (χ0) is 7.40. The van der Waals surface area contributed by atoms with E-state index in [0.717, 1.165) is 12.2 Å². The number of anilines is 1. The normalized spacial score (nSPS) is 8.55. The predicted molar refractivity (Wildman–Crippen MR) is 50.9 cm³/mol. The fourth-order valence-electron chi connectivity index (χ4n) is 0.802. The molecule has 0 saturated carbocycles. The number of rotatable bonds is 2. The molecule has 0 atom stereocenters. The molecule has 0 fully saturated rings. The highest BCUT2D eigenvalue weighted by Gasteiger charge is 1.93. The van der Waals surface area contributed by atoms with E-state index in [-0.39, 0.29) is 12.4 Å². The minimum Gasteiger partial charge on any atom is -0.311 e. The number of para-hydroxylation sites is 1. The van der Waals surface area contributed by atoms with Crippen LogP contribution in [0.1, 0.15) is 6.92 Å². The van der Waals surface area contributed by atoms with Crippen molar-refractivity contribution in [2.75, 3.05) is 11.6 Å². The van der Waals surface area contributed by atoms with Crippen LogP contribution in [-0.2, 0) is 0 Å². The topological polar surface area (TPSA) is 29.3 Å². The van der Waals surface area contributed by atoms with E-state index in [1.54, 1.807) is 5.01 Å². The molecule has 3 heteroatoms. The molecule has 0 aliphatic rings. The van der Waals surface area contributed by atoms with Crippen molar-refractivity contribution in [3.63, 3.8) is 0 Å². The van der Waals surface area contributed by atoms with Gasteiger partial charge in [0.25, 0.3) is 0 Å². The Kier molecular flexibility index (Phi) is 4.66. The first kappa shape index (κ1) is 10.3. The second kappa shape index (κ2) is 4.99. The predicted octanol–water partition coefficient (Wildman–Crippen LogP) is 1.81. The summed E-state index contributed by atoms with van der Waals surface area (Å²) in [7, 11) is 0. The highest BCUT2D eigenvalue weighted by Crippen LogP contribution is 2.07. The Morgan fingerprint density at radius 3 is 2.27 bits per heavy atom. The van der Waals surface area contributed by atoms with Gasteiger partial charge in [0, 0.05) is 6.54 Å². The van der Waals surface area contributed by atoms with Crippen LogP contribution >= 0.6 is 12.4 Å². The largest absolute Gasteiger partial charge is 0.311 e. The van der Waals surface area contributed by atoms with Crippen molar-refractivity contribution in [2.24, 2.45) is 5.84 Å². The molecular formula is C8H13ClN2. The molecule has 0 heterocycles. The quantitative estimate of drug-likeness (QED) is 0.545. The summed E-state index contributed by atoms with van der Waals surface area (Å²) >= 11 is 0. The van der Waals surface area contributed by atoms with Gasteiger partial charge in [0.15, 0.2) is 0 Å². The molecule has 0 aromatic heterocycles. The van der Waals surface area contributed by atoms with Crippen molar-refractivity contribution >= 4 is 18.1 Å². The van der Waals surface area contributed by atoms with E-state index in [9.17, 15) is 0 Å². The van der Waals surface area contributed by atoms with E-state index in [2.05, 4.69) is 0 Å². The Labute approximate surface area is 73.4 Å². The first-order valence-corrected chi connectivity index (χ1v) is 3.42. The molecule has 0 aliphatic heterocycles. The van der Waals surface area contributed by atoms with Gasteiger partial charge in [-0.05, 0) is 19.1 Å². The Hall–Kier alpha value is -0.730. The first-order valence-electron chi connectivity index (χ1n) is 3.42. The van der Waals surface area contributed by atoms with Crippen LogP contribution < -0.4 is 10.9 Å². The average molecular weight is 173 g/mol. The van der Waals surface area contributed by atoms with Gasteiger partial charge in [0.1, 0.15) is 0 Å². The summed E-state index contributed by atoms with van der Waals surface area (Å²) in [6, 6.07) is 9.91. The maximum Gasteiger partial charge on any atom is 0.0517 e. The minimum atomic E-state index is 0. The lowest BCUT2D eigenvalue weighted by molar-refractivity contribution is 0.892. The van der Waals surface area contributed by atoms with E-state index in [4.69, 9.17) is 5.84 Å². The second-order valence-electron chi connectivity index (χ2n) is 2.12. The molecule has 1 aromatic carbocycles. The standard InChI is InChI=1S/C8H12N2.ClH/c1-2-10(9)8-6-4-3-5-7-8;/h3-7H,2,9H2,1H3;1H. The van der Waals surface area contributed by atoms with Crippen LogP contribution in [-0.4, -0.2) is 6.54 Å². The van der Waals surface area contributed by atoms with Crippen molar-refractivity contribution in [2.45, 2.75) is 6.92 Å². The van der Waals surface area contributed by atoms with Gasteiger partial charge in [0.2, 0.25) is 0 Å². The summed E-state index contributed by atoms with van der Waals surface area (Å²) in [5.74, 6) is 5.63. The Morgan fingerprint density at radius 1 is 1.27 bits per heavy atom. The van der Waals surface area contributed by atoms with E-state index in [1.165, 1.54) is 0 Å². The van der Waals surface area contributed by atoms with Crippen LogP contribution in [0.4, 0.5) is 5.69 Å². The fourth-order valence-corrected chi connectivity index (χ4v) is 0.802. The molecule has 0 bridgehead atoms. The van der Waals surface area contributed by atoms with E-state index in [0.29, 0.717) is 0 Å². The summed E-state index contributed by atoms with van der Waals surface area (Å²) in [6.45, 7) is 2.86. The summed E-state index contributed by atoms with van der Waals surface area (Å²) in [6.07, 6.45) is 0. The van der Waals surface area contributed by atoms with Crippen molar-refractivity contribution in [3.8, 4) is 0 Å². The molecule has 1 rings (SSSR count). The van der Waals surface area contributed by atoms with Crippen LogP contribution in [0.5, 0.6) is 0 Å². The van der Waals surface area contributed by atoms with Gasteiger partial charge in [-0.2, -0.15) is 0 Å². The molecule has 0 aliphatic carbocycles. The van der Waals surface area contributed by atoms with Gasteiger partial charge in [-0.3, -0.25) is 0 Å². The lowest BCUT2D eigenvalue weighted by atomic mass is 10.3. The van der Waals surface area contributed by atoms with E-state index < -0.39 is 0 Å². The summed E-state index contributed by atoms with van der Waals surface area (Å²) < 4.78 is 0. The summed E-state index contributed by atoms with van der Waals surface area (Å²) in [5, 5.41) is 1.71. The first-order chi connectivity index (χ1) is 4.84. The highest BCUT2D eigenvalue weighted by molar-refractivity contribution is 5.85. The number of nitrogens with two attached hydrogens (primary N) is 1. The van der Waals surface area contributed by atoms with Gasteiger partial charge in [-0.25, -0.2) is 5.84 Å². The third-order valence-corrected chi connectivity index (χ3v) is 1.43. The van der Waals surface area contributed by atoms with E-state index >= 15 is 0 Å². The Bertz CT molecular complexity index is 189. The number of nitrogens with zero attached hydrogens (tertiary/aromatic N) is 1. The SMILES string of the molecule is CCN(N)c1ccccc1.Cl. The zero-order valence-corrected chi connectivity index (χ0v) is 7.34.